The first-order valence-electron chi connectivity index (χ1n) is 3.92. The van der Waals surface area contributed by atoms with Crippen LogP contribution >= 0.6 is 15.9 Å². The van der Waals surface area contributed by atoms with E-state index >= 15 is 0 Å². The number of hydrogen-bond acceptors (Lipinski definition) is 1. The summed E-state index contributed by atoms with van der Waals surface area (Å²) in [6.07, 6.45) is -5.23. The normalized spacial score (nSPS) is 11.7. The molecule has 0 spiro atoms. The molecule has 0 saturated heterocycles. The smallest absolute Gasteiger partial charge is 0.284 e. The lowest BCUT2D eigenvalue weighted by Crippen LogP contribution is -2.24. The van der Waals surface area contributed by atoms with Gasteiger partial charge in [0.1, 0.15) is 0 Å². The van der Waals surface area contributed by atoms with Crippen molar-refractivity contribution < 1.29 is 26.7 Å². The largest absolute Gasteiger partial charge is 0.454 e. The van der Waals surface area contributed by atoms with Gasteiger partial charge in [-0.25, -0.2) is 8.78 Å². The number of carbonyl (C=O) groups is 1. The zero-order valence-corrected chi connectivity index (χ0v) is 9.34. The van der Waals surface area contributed by atoms with Crippen molar-refractivity contribution >= 4 is 21.7 Å². The average molecular weight is 303 g/mol. The number of benzene rings is 1. The lowest BCUT2D eigenvalue weighted by Gasteiger charge is -2.09. The summed E-state index contributed by atoms with van der Waals surface area (Å²) in [6, 6.07) is 0.615. The summed E-state index contributed by atoms with van der Waals surface area (Å²) in [7, 11) is 0. The predicted molar refractivity (Wildman–Crippen MR) is 49.2 cm³/mol. The molecule has 1 rings (SSSR count). The molecule has 1 nitrogen and oxygen atoms in total. The molecule has 0 atom stereocenters. The van der Waals surface area contributed by atoms with E-state index < -0.39 is 29.2 Å². The number of ketones is 1. The van der Waals surface area contributed by atoms with Crippen molar-refractivity contribution in [3.05, 3.63) is 33.3 Å². The first kappa shape index (κ1) is 13.1. The second kappa shape index (κ2) is 4.12. The first-order valence-corrected chi connectivity index (χ1v) is 4.71. The lowest BCUT2D eigenvalue weighted by atomic mass is 10.1. The Morgan fingerprint density at radius 1 is 1.25 bits per heavy atom. The van der Waals surface area contributed by atoms with E-state index in [9.17, 15) is 26.7 Å². The van der Waals surface area contributed by atoms with E-state index in [4.69, 9.17) is 0 Å². The van der Waals surface area contributed by atoms with Gasteiger partial charge in [-0.1, -0.05) is 15.9 Å². The van der Waals surface area contributed by atoms with Crippen molar-refractivity contribution in [3.63, 3.8) is 0 Å². The summed E-state index contributed by atoms with van der Waals surface area (Å²) in [5.74, 6) is -5.67. The van der Waals surface area contributed by atoms with Gasteiger partial charge in [0.2, 0.25) is 0 Å². The molecule has 7 heteroatoms. The molecule has 0 radical (unpaired) electrons. The van der Waals surface area contributed by atoms with Crippen LogP contribution in [-0.2, 0) is 0 Å². The molecule has 0 aliphatic heterocycles. The zero-order chi connectivity index (χ0) is 12.7. The van der Waals surface area contributed by atoms with E-state index in [1.54, 1.807) is 0 Å². The maximum atomic E-state index is 13.1. The SMILES string of the molecule is Cc1c(Br)cc(C(=O)C(F)(F)F)c(F)c1F. The van der Waals surface area contributed by atoms with Gasteiger partial charge in [-0.15, -0.1) is 0 Å². The van der Waals surface area contributed by atoms with E-state index in [2.05, 4.69) is 15.9 Å². The van der Waals surface area contributed by atoms with Gasteiger partial charge < -0.3 is 0 Å². The number of alkyl halides is 3. The van der Waals surface area contributed by atoms with Gasteiger partial charge in [-0.2, -0.15) is 13.2 Å². The standard InChI is InChI=1S/C9H4BrF5O/c1-3-5(10)2-4(7(12)6(3)11)8(16)9(13,14)15/h2H,1H3. The second-order valence-electron chi connectivity index (χ2n) is 2.99. The molecule has 0 fully saturated rings. The Hall–Kier alpha value is -0.980. The summed E-state index contributed by atoms with van der Waals surface area (Å²) < 4.78 is 62.2. The molecule has 88 valence electrons. The van der Waals surface area contributed by atoms with Gasteiger partial charge in [0.25, 0.3) is 5.78 Å². The van der Waals surface area contributed by atoms with Gasteiger partial charge >= 0.3 is 6.18 Å². The monoisotopic (exact) mass is 302 g/mol. The second-order valence-corrected chi connectivity index (χ2v) is 3.84. The topological polar surface area (TPSA) is 17.1 Å². The van der Waals surface area contributed by atoms with Crippen molar-refractivity contribution in [2.75, 3.05) is 0 Å². The van der Waals surface area contributed by atoms with E-state index in [-0.39, 0.29) is 10.0 Å². The van der Waals surface area contributed by atoms with Crippen LogP contribution in [-0.4, -0.2) is 12.0 Å². The number of rotatable bonds is 1. The van der Waals surface area contributed by atoms with Crippen LogP contribution in [0.15, 0.2) is 10.5 Å². The highest BCUT2D eigenvalue weighted by Crippen LogP contribution is 2.29. The highest BCUT2D eigenvalue weighted by Gasteiger charge is 2.41. The van der Waals surface area contributed by atoms with E-state index in [1.807, 2.05) is 0 Å². The van der Waals surface area contributed by atoms with Gasteiger partial charge in [-0.05, 0) is 13.0 Å². The number of halogens is 6. The Morgan fingerprint density at radius 3 is 2.19 bits per heavy atom. The lowest BCUT2D eigenvalue weighted by molar-refractivity contribution is -0.0887. The molecule has 1 aromatic carbocycles. The summed E-state index contributed by atoms with van der Waals surface area (Å²) in [5.41, 5.74) is -1.53. The van der Waals surface area contributed by atoms with Crippen molar-refractivity contribution in [2.24, 2.45) is 0 Å². The van der Waals surface area contributed by atoms with Crippen LogP contribution in [0.1, 0.15) is 15.9 Å². The Labute approximate surface area is 95.4 Å². The molecule has 0 saturated carbocycles. The molecular weight excluding hydrogens is 299 g/mol. The minimum atomic E-state index is -5.23. The van der Waals surface area contributed by atoms with E-state index in [0.29, 0.717) is 6.07 Å². The van der Waals surface area contributed by atoms with Crippen LogP contribution < -0.4 is 0 Å². The fourth-order valence-electron chi connectivity index (χ4n) is 1.00. The van der Waals surface area contributed by atoms with Crippen LogP contribution in [0, 0.1) is 18.6 Å². The fourth-order valence-corrected chi connectivity index (χ4v) is 1.41. The Kier molecular flexibility index (Phi) is 3.37. The van der Waals surface area contributed by atoms with Crippen molar-refractivity contribution in [3.8, 4) is 0 Å². The van der Waals surface area contributed by atoms with Gasteiger partial charge in [0, 0.05) is 10.0 Å². The van der Waals surface area contributed by atoms with Crippen molar-refractivity contribution in [1.29, 1.82) is 0 Å². The highest BCUT2D eigenvalue weighted by atomic mass is 79.9. The van der Waals surface area contributed by atoms with Crippen LogP contribution in [0.5, 0.6) is 0 Å². The Morgan fingerprint density at radius 2 is 1.75 bits per heavy atom. The van der Waals surface area contributed by atoms with Crippen molar-refractivity contribution in [2.45, 2.75) is 13.1 Å². The number of carbonyl (C=O) groups excluding carboxylic acids is 1. The van der Waals surface area contributed by atoms with E-state index in [1.165, 1.54) is 6.92 Å². The maximum absolute atomic E-state index is 13.1. The summed E-state index contributed by atoms with van der Waals surface area (Å²) in [6.45, 7) is 1.17. The molecule has 0 amide bonds. The quantitative estimate of drug-likeness (QED) is 0.438. The molecular formula is C9H4BrF5O. The fraction of sp³-hybridized carbons (Fsp3) is 0.222. The zero-order valence-electron chi connectivity index (χ0n) is 7.75. The average Bonchev–Trinajstić information content (AvgIpc) is 2.18. The molecule has 0 N–H and O–H groups in total. The summed E-state index contributed by atoms with van der Waals surface area (Å²) >= 11 is 2.74. The van der Waals surface area contributed by atoms with Gasteiger partial charge in [0.15, 0.2) is 11.6 Å². The molecule has 0 unspecified atom stereocenters. The first-order chi connectivity index (χ1) is 7.16. The maximum Gasteiger partial charge on any atom is 0.454 e. The third-order valence-corrected chi connectivity index (χ3v) is 2.71. The van der Waals surface area contributed by atoms with Crippen LogP contribution in [0.25, 0.3) is 0 Å². The van der Waals surface area contributed by atoms with Crippen LogP contribution in [0.2, 0.25) is 0 Å². The third kappa shape index (κ3) is 2.23. The molecule has 0 heterocycles. The molecule has 0 bridgehead atoms. The van der Waals surface area contributed by atoms with Gasteiger partial charge in [-0.3, -0.25) is 4.79 Å². The third-order valence-electron chi connectivity index (χ3n) is 1.89. The summed E-state index contributed by atoms with van der Waals surface area (Å²) in [4.78, 5) is 10.8. The Balaban J connectivity index is 3.43. The molecule has 0 aliphatic rings. The van der Waals surface area contributed by atoms with E-state index in [0.717, 1.165) is 0 Å². The molecule has 1 aromatic rings. The molecule has 0 aromatic heterocycles. The van der Waals surface area contributed by atoms with Crippen molar-refractivity contribution in [1.82, 2.24) is 0 Å². The van der Waals surface area contributed by atoms with Crippen LogP contribution in [0.3, 0.4) is 0 Å². The minimum absolute atomic E-state index is 0.0981. The Bertz CT molecular complexity index is 452. The number of hydrogen-bond donors (Lipinski definition) is 0. The minimum Gasteiger partial charge on any atom is -0.284 e. The highest BCUT2D eigenvalue weighted by molar-refractivity contribution is 9.10. The van der Waals surface area contributed by atoms with Gasteiger partial charge in [0.05, 0.1) is 5.56 Å². The predicted octanol–water partition coefficient (Wildman–Crippen LogP) is 3.78. The number of Topliss-reactive ketones (excluding diaryl/α,β-unsaturated/α-hetero) is 1. The van der Waals surface area contributed by atoms with Crippen LogP contribution in [0.4, 0.5) is 22.0 Å². The molecule has 0 aliphatic carbocycles. The molecule has 16 heavy (non-hydrogen) atoms. The summed E-state index contributed by atoms with van der Waals surface area (Å²) in [5, 5.41) is 0.